The highest BCUT2D eigenvalue weighted by molar-refractivity contribution is 7.89. The van der Waals surface area contributed by atoms with Gasteiger partial charge in [-0.1, -0.05) is 13.0 Å². The van der Waals surface area contributed by atoms with Crippen LogP contribution in [0.3, 0.4) is 0 Å². The molecule has 5 nitrogen and oxygen atoms in total. The summed E-state index contributed by atoms with van der Waals surface area (Å²) in [5.74, 6) is -0.482. The summed E-state index contributed by atoms with van der Waals surface area (Å²) < 4.78 is 28.5. The van der Waals surface area contributed by atoms with Gasteiger partial charge in [0.05, 0.1) is 10.5 Å². The molecule has 1 aliphatic rings. The number of carbonyl (C=O) groups excluding carboxylic acids is 1. The van der Waals surface area contributed by atoms with Gasteiger partial charge in [0, 0.05) is 0 Å². The number of ether oxygens (including phenoxy) is 1. The third-order valence-corrected chi connectivity index (χ3v) is 4.56. The topological polar surface area (TPSA) is 86.5 Å². The van der Waals surface area contributed by atoms with Crippen molar-refractivity contribution in [3.8, 4) is 0 Å². The zero-order chi connectivity index (χ0) is 14.8. The van der Waals surface area contributed by atoms with Crippen molar-refractivity contribution in [2.75, 3.05) is 0 Å². The Bertz CT molecular complexity index is 604. The second-order valence-electron chi connectivity index (χ2n) is 5.03. The standard InChI is InChI=1S/C14H19NO4S/c1-2-10-7-8-11(9-13(10)20(15,17)18)14(16)19-12-5-3-4-6-12/h7-9,12H,2-6H2,1H3,(H2,15,17,18). The molecule has 1 saturated carbocycles. The number of hydrogen-bond acceptors (Lipinski definition) is 4. The van der Waals surface area contributed by atoms with Crippen LogP contribution in [0.25, 0.3) is 0 Å². The van der Waals surface area contributed by atoms with E-state index in [1.165, 1.54) is 6.07 Å². The Morgan fingerprint density at radius 2 is 2.00 bits per heavy atom. The van der Waals surface area contributed by atoms with Gasteiger partial charge in [0.15, 0.2) is 0 Å². The van der Waals surface area contributed by atoms with Gasteiger partial charge >= 0.3 is 5.97 Å². The minimum atomic E-state index is -3.84. The molecule has 0 aromatic heterocycles. The highest BCUT2D eigenvalue weighted by Gasteiger charge is 2.22. The molecule has 1 fully saturated rings. The molecule has 20 heavy (non-hydrogen) atoms. The van der Waals surface area contributed by atoms with Gasteiger partial charge in [-0.3, -0.25) is 0 Å². The molecule has 1 aromatic rings. The summed E-state index contributed by atoms with van der Waals surface area (Å²) in [5, 5.41) is 5.19. The van der Waals surface area contributed by atoms with Crippen molar-refractivity contribution in [1.29, 1.82) is 0 Å². The predicted octanol–water partition coefficient (Wildman–Crippen LogP) is 2.00. The maximum absolute atomic E-state index is 12.0. The van der Waals surface area contributed by atoms with Gasteiger partial charge in [0.25, 0.3) is 0 Å². The van der Waals surface area contributed by atoms with Gasteiger partial charge in [-0.2, -0.15) is 0 Å². The first-order valence-electron chi connectivity index (χ1n) is 6.78. The van der Waals surface area contributed by atoms with Crippen molar-refractivity contribution < 1.29 is 17.9 Å². The molecule has 0 aliphatic heterocycles. The van der Waals surface area contributed by atoms with E-state index >= 15 is 0 Å². The summed E-state index contributed by atoms with van der Waals surface area (Å²) in [6.45, 7) is 1.83. The van der Waals surface area contributed by atoms with Crippen LogP contribution in [0.4, 0.5) is 0 Å². The van der Waals surface area contributed by atoms with Crippen LogP contribution in [0.15, 0.2) is 23.1 Å². The summed E-state index contributed by atoms with van der Waals surface area (Å²) in [7, 11) is -3.84. The average molecular weight is 297 g/mol. The Kier molecular flexibility index (Phi) is 4.45. The number of rotatable bonds is 4. The van der Waals surface area contributed by atoms with Crippen molar-refractivity contribution in [1.82, 2.24) is 0 Å². The molecule has 0 heterocycles. The third-order valence-electron chi connectivity index (χ3n) is 3.57. The van der Waals surface area contributed by atoms with E-state index in [1.807, 2.05) is 6.92 Å². The van der Waals surface area contributed by atoms with E-state index in [2.05, 4.69) is 0 Å². The highest BCUT2D eigenvalue weighted by Crippen LogP contribution is 2.23. The van der Waals surface area contributed by atoms with Crippen molar-refractivity contribution >= 4 is 16.0 Å². The first kappa shape index (κ1) is 15.0. The fourth-order valence-electron chi connectivity index (χ4n) is 2.46. The maximum atomic E-state index is 12.0. The predicted molar refractivity (Wildman–Crippen MR) is 74.9 cm³/mol. The number of hydrogen-bond donors (Lipinski definition) is 1. The first-order chi connectivity index (χ1) is 9.41. The number of aryl methyl sites for hydroxylation is 1. The van der Waals surface area contributed by atoms with Crippen LogP contribution in [0.5, 0.6) is 0 Å². The minimum Gasteiger partial charge on any atom is -0.459 e. The summed E-state index contributed by atoms with van der Waals surface area (Å²) >= 11 is 0. The Balaban J connectivity index is 2.26. The minimum absolute atomic E-state index is 0.000807. The van der Waals surface area contributed by atoms with Gasteiger partial charge in [-0.05, 0) is 49.8 Å². The number of esters is 1. The van der Waals surface area contributed by atoms with Crippen molar-refractivity contribution in [3.05, 3.63) is 29.3 Å². The zero-order valence-electron chi connectivity index (χ0n) is 11.5. The molecule has 0 saturated heterocycles. The van der Waals surface area contributed by atoms with Crippen LogP contribution >= 0.6 is 0 Å². The van der Waals surface area contributed by atoms with Crippen molar-refractivity contribution in [2.45, 2.75) is 50.0 Å². The Morgan fingerprint density at radius 1 is 1.35 bits per heavy atom. The molecule has 2 rings (SSSR count). The van der Waals surface area contributed by atoms with E-state index in [9.17, 15) is 13.2 Å². The monoisotopic (exact) mass is 297 g/mol. The molecule has 0 atom stereocenters. The fourth-order valence-corrected chi connectivity index (χ4v) is 3.33. The largest absolute Gasteiger partial charge is 0.459 e. The maximum Gasteiger partial charge on any atom is 0.338 e. The van der Waals surface area contributed by atoms with Crippen LogP contribution in [-0.4, -0.2) is 20.5 Å². The average Bonchev–Trinajstić information content (AvgIpc) is 2.89. The zero-order valence-corrected chi connectivity index (χ0v) is 12.3. The molecule has 1 aromatic carbocycles. The van der Waals surface area contributed by atoms with Gasteiger partial charge in [-0.25, -0.2) is 18.4 Å². The lowest BCUT2D eigenvalue weighted by Gasteiger charge is -2.13. The molecule has 0 radical (unpaired) electrons. The lowest BCUT2D eigenvalue weighted by molar-refractivity contribution is 0.0317. The van der Waals surface area contributed by atoms with E-state index < -0.39 is 16.0 Å². The van der Waals surface area contributed by atoms with Crippen LogP contribution in [-0.2, 0) is 21.2 Å². The highest BCUT2D eigenvalue weighted by atomic mass is 32.2. The quantitative estimate of drug-likeness (QED) is 0.861. The van der Waals surface area contributed by atoms with Gasteiger partial charge in [0.1, 0.15) is 6.10 Å². The molecule has 0 spiro atoms. The van der Waals surface area contributed by atoms with E-state index in [1.54, 1.807) is 12.1 Å². The molecule has 0 bridgehead atoms. The van der Waals surface area contributed by atoms with E-state index in [0.29, 0.717) is 12.0 Å². The second kappa shape index (κ2) is 5.93. The number of carbonyl (C=O) groups is 1. The van der Waals surface area contributed by atoms with Gasteiger partial charge in [-0.15, -0.1) is 0 Å². The first-order valence-corrected chi connectivity index (χ1v) is 8.33. The molecule has 110 valence electrons. The molecule has 0 unspecified atom stereocenters. The normalized spacial score (nSPS) is 16.3. The van der Waals surface area contributed by atoms with Crippen LogP contribution in [0.1, 0.15) is 48.5 Å². The van der Waals surface area contributed by atoms with Crippen molar-refractivity contribution in [3.63, 3.8) is 0 Å². The molecule has 2 N–H and O–H groups in total. The SMILES string of the molecule is CCc1ccc(C(=O)OC2CCCC2)cc1S(N)(=O)=O. The summed E-state index contributed by atoms with van der Waals surface area (Å²) in [4.78, 5) is 12.0. The van der Waals surface area contributed by atoms with E-state index in [0.717, 1.165) is 25.7 Å². The smallest absolute Gasteiger partial charge is 0.338 e. The number of sulfonamides is 1. The van der Waals surface area contributed by atoms with Gasteiger partial charge < -0.3 is 4.74 Å². The van der Waals surface area contributed by atoms with E-state index in [-0.39, 0.29) is 16.6 Å². The lowest BCUT2D eigenvalue weighted by atomic mass is 10.1. The lowest BCUT2D eigenvalue weighted by Crippen LogP contribution is -2.18. The van der Waals surface area contributed by atoms with E-state index in [4.69, 9.17) is 9.88 Å². The molecule has 1 aliphatic carbocycles. The van der Waals surface area contributed by atoms with Gasteiger partial charge in [0.2, 0.25) is 10.0 Å². The second-order valence-corrected chi connectivity index (χ2v) is 6.56. The fraction of sp³-hybridized carbons (Fsp3) is 0.500. The molecule has 0 amide bonds. The summed E-state index contributed by atoms with van der Waals surface area (Å²) in [6.07, 6.45) is 4.36. The molecular formula is C14H19NO4S. The van der Waals surface area contributed by atoms with Crippen LogP contribution in [0, 0.1) is 0 Å². The number of nitrogens with two attached hydrogens (primary N) is 1. The summed E-state index contributed by atoms with van der Waals surface area (Å²) in [5.41, 5.74) is 0.836. The van der Waals surface area contributed by atoms with Crippen molar-refractivity contribution in [2.24, 2.45) is 5.14 Å². The Hall–Kier alpha value is -1.40. The summed E-state index contributed by atoms with van der Waals surface area (Å²) in [6, 6.07) is 4.52. The third kappa shape index (κ3) is 3.37. The molecule has 6 heteroatoms. The van der Waals surface area contributed by atoms with Crippen LogP contribution in [0.2, 0.25) is 0 Å². The van der Waals surface area contributed by atoms with Crippen LogP contribution < -0.4 is 5.14 Å². The Labute approximate surface area is 119 Å². The number of benzene rings is 1. The Morgan fingerprint density at radius 3 is 2.55 bits per heavy atom. The number of primary sulfonamides is 1. The molecular weight excluding hydrogens is 278 g/mol.